The average Bonchev–Trinajstić information content (AvgIpc) is 2.64. The summed E-state index contributed by atoms with van der Waals surface area (Å²) in [7, 11) is 0. The molecule has 32 heavy (non-hydrogen) atoms. The maximum atomic E-state index is 13.5. The first-order chi connectivity index (χ1) is 14.8. The van der Waals surface area contributed by atoms with E-state index < -0.39 is 54.1 Å². The third-order valence-electron chi connectivity index (χ3n) is 3.88. The van der Waals surface area contributed by atoms with Crippen LogP contribution in [-0.2, 0) is 23.8 Å². The minimum absolute atomic E-state index is 0.0907. The number of benzene rings is 1. The molecule has 1 aromatic rings. The van der Waals surface area contributed by atoms with Gasteiger partial charge in [-0.3, -0.25) is 0 Å². The van der Waals surface area contributed by atoms with Crippen molar-refractivity contribution in [3.8, 4) is 5.75 Å². The smallest absolute Gasteiger partial charge is 0.475 e. The molecule has 0 aliphatic carbocycles. The van der Waals surface area contributed by atoms with Gasteiger partial charge in [0.15, 0.2) is 0 Å². The molecule has 0 saturated carbocycles. The second-order valence-corrected chi connectivity index (χ2v) is 7.01. The first-order valence-electron chi connectivity index (χ1n) is 8.88. The lowest BCUT2D eigenvalue weighted by Crippen LogP contribution is -2.41. The molecule has 10 nitrogen and oxygen atoms in total. The molecule has 0 saturated heterocycles. The lowest BCUT2D eigenvalue weighted by molar-refractivity contribution is -0.759. The topological polar surface area (TPSA) is 123 Å². The second kappa shape index (κ2) is 9.94. The monoisotopic (exact) mass is 483 g/mol. The third kappa shape index (κ3) is 6.64. The van der Waals surface area contributed by atoms with Crippen molar-refractivity contribution < 1.29 is 51.6 Å². The van der Waals surface area contributed by atoms with Crippen LogP contribution in [0.2, 0.25) is 5.02 Å². The van der Waals surface area contributed by atoms with Crippen LogP contribution in [-0.4, -0.2) is 48.5 Å². The molecule has 1 aliphatic heterocycles. The van der Waals surface area contributed by atoms with E-state index in [0.717, 1.165) is 13.0 Å². The van der Waals surface area contributed by atoms with Gasteiger partial charge in [-0.25, -0.2) is 9.59 Å². The normalized spacial score (nSPS) is 17.1. The minimum atomic E-state index is -4.95. The zero-order valence-electron chi connectivity index (χ0n) is 16.8. The molecule has 1 aromatic carbocycles. The Morgan fingerprint density at radius 1 is 1.25 bits per heavy atom. The predicted octanol–water partition coefficient (Wildman–Crippen LogP) is 3.99. The van der Waals surface area contributed by atoms with Gasteiger partial charge in [-0.05, 0) is 37.6 Å². The Balaban J connectivity index is 2.11. The van der Waals surface area contributed by atoms with Gasteiger partial charge in [0.1, 0.15) is 18.5 Å². The van der Waals surface area contributed by atoms with Crippen molar-refractivity contribution in [2.24, 2.45) is 0 Å². The van der Waals surface area contributed by atoms with Gasteiger partial charge in [0, 0.05) is 17.5 Å². The Bertz CT molecular complexity index is 935. The molecule has 0 aromatic heterocycles. The number of carbonyl (C=O) groups is 2. The molecular weight excluding hydrogens is 467 g/mol. The number of aryl methyl sites for hydroxylation is 1. The lowest BCUT2D eigenvalue weighted by atomic mass is 9.99. The average molecular weight is 484 g/mol. The second-order valence-electron chi connectivity index (χ2n) is 6.57. The zero-order chi connectivity index (χ0) is 24.2. The molecule has 1 aliphatic rings. The summed E-state index contributed by atoms with van der Waals surface area (Å²) in [5.41, 5.74) is -0.418. The van der Waals surface area contributed by atoms with Gasteiger partial charge in [0.05, 0.1) is 5.57 Å². The van der Waals surface area contributed by atoms with E-state index in [9.17, 15) is 32.9 Å². The van der Waals surface area contributed by atoms with Crippen molar-refractivity contribution in [1.29, 1.82) is 0 Å². The van der Waals surface area contributed by atoms with E-state index in [-0.39, 0.29) is 16.3 Å². The van der Waals surface area contributed by atoms with Gasteiger partial charge < -0.3 is 23.8 Å². The van der Waals surface area contributed by atoms with Crippen LogP contribution < -0.4 is 4.74 Å². The van der Waals surface area contributed by atoms with E-state index >= 15 is 0 Å². The first kappa shape index (κ1) is 25.0. The number of hydrogen-bond acceptors (Lipinski definition) is 9. The molecule has 1 heterocycles. The summed E-state index contributed by atoms with van der Waals surface area (Å²) in [6.45, 7) is 3.22. The standard InChI is InChI=1S/C18H17ClF3NO9/c1-8-4-12(19)5-11-6-13(15(18(20,21)22)32-14(8)11)16(24)30-10(3)31-17(25)29-9(2)7-28-23(26)27/h4-6,9-10,15H,7H2,1-3H3. The van der Waals surface area contributed by atoms with E-state index in [0.29, 0.717) is 5.56 Å². The summed E-state index contributed by atoms with van der Waals surface area (Å²) in [6.07, 6.45) is -10.8. The number of ether oxygens (including phenoxy) is 4. The van der Waals surface area contributed by atoms with Gasteiger partial charge in [-0.1, -0.05) is 11.6 Å². The molecule has 0 spiro atoms. The maximum Gasteiger partial charge on any atom is 0.511 e. The summed E-state index contributed by atoms with van der Waals surface area (Å²) in [6, 6.07) is 2.72. The molecule has 14 heteroatoms. The number of esters is 1. The fourth-order valence-electron chi connectivity index (χ4n) is 2.63. The number of rotatable bonds is 7. The van der Waals surface area contributed by atoms with Crippen LogP contribution in [0.1, 0.15) is 25.0 Å². The zero-order valence-corrected chi connectivity index (χ0v) is 17.6. The number of hydrogen-bond donors (Lipinski definition) is 0. The third-order valence-corrected chi connectivity index (χ3v) is 4.10. The van der Waals surface area contributed by atoms with Gasteiger partial charge >= 0.3 is 18.3 Å². The summed E-state index contributed by atoms with van der Waals surface area (Å²) >= 11 is 5.92. The van der Waals surface area contributed by atoms with Gasteiger partial charge in [0.2, 0.25) is 12.4 Å². The van der Waals surface area contributed by atoms with Crippen molar-refractivity contribution >= 4 is 29.8 Å². The highest BCUT2D eigenvalue weighted by atomic mass is 35.5. The van der Waals surface area contributed by atoms with Crippen LogP contribution >= 0.6 is 11.6 Å². The van der Waals surface area contributed by atoms with Crippen LogP contribution in [0.4, 0.5) is 18.0 Å². The van der Waals surface area contributed by atoms with E-state index in [1.165, 1.54) is 26.0 Å². The van der Waals surface area contributed by atoms with E-state index in [4.69, 9.17) is 21.1 Å². The van der Waals surface area contributed by atoms with Crippen LogP contribution in [0, 0.1) is 17.0 Å². The summed E-state index contributed by atoms with van der Waals surface area (Å²) in [5, 5.41) is 9.22. The molecule has 2 rings (SSSR count). The quantitative estimate of drug-likeness (QED) is 0.245. The summed E-state index contributed by atoms with van der Waals surface area (Å²) in [4.78, 5) is 38.1. The van der Waals surface area contributed by atoms with Crippen molar-refractivity contribution in [3.63, 3.8) is 0 Å². The minimum Gasteiger partial charge on any atom is -0.475 e. The number of fused-ring (bicyclic) bond motifs is 1. The molecule has 0 fully saturated rings. The molecule has 3 unspecified atom stereocenters. The van der Waals surface area contributed by atoms with Crippen molar-refractivity contribution in [2.75, 3.05) is 6.61 Å². The lowest BCUT2D eigenvalue weighted by Gasteiger charge is -2.29. The molecule has 0 amide bonds. The fraction of sp³-hybridized carbons (Fsp3) is 0.444. The highest BCUT2D eigenvalue weighted by molar-refractivity contribution is 6.30. The Hall–Kier alpha value is -3.22. The Morgan fingerprint density at radius 3 is 2.50 bits per heavy atom. The van der Waals surface area contributed by atoms with E-state index in [1.54, 1.807) is 0 Å². The largest absolute Gasteiger partial charge is 0.511 e. The molecular formula is C18H17ClF3NO9. The van der Waals surface area contributed by atoms with E-state index in [2.05, 4.69) is 14.3 Å². The van der Waals surface area contributed by atoms with Gasteiger partial charge in [-0.15, -0.1) is 10.1 Å². The molecule has 176 valence electrons. The molecule has 3 atom stereocenters. The van der Waals surface area contributed by atoms with Crippen LogP contribution in [0.5, 0.6) is 5.75 Å². The van der Waals surface area contributed by atoms with Crippen molar-refractivity contribution in [1.82, 2.24) is 0 Å². The molecule has 0 N–H and O–H groups in total. The van der Waals surface area contributed by atoms with Gasteiger partial charge in [-0.2, -0.15) is 13.2 Å². The van der Waals surface area contributed by atoms with Crippen LogP contribution in [0.15, 0.2) is 17.7 Å². The number of halogens is 4. The Kier molecular flexibility index (Phi) is 7.78. The molecule has 0 radical (unpaired) electrons. The Labute approximate surface area is 183 Å². The first-order valence-corrected chi connectivity index (χ1v) is 9.26. The predicted molar refractivity (Wildman–Crippen MR) is 100 cm³/mol. The van der Waals surface area contributed by atoms with Crippen LogP contribution in [0.3, 0.4) is 0 Å². The molecule has 0 bridgehead atoms. The number of nitrogens with zero attached hydrogens (tertiary/aromatic N) is 1. The summed E-state index contributed by atoms with van der Waals surface area (Å²) in [5.74, 6) is -1.55. The van der Waals surface area contributed by atoms with Crippen LogP contribution in [0.25, 0.3) is 6.08 Å². The van der Waals surface area contributed by atoms with E-state index in [1.807, 2.05) is 0 Å². The highest BCUT2D eigenvalue weighted by Gasteiger charge is 2.49. The van der Waals surface area contributed by atoms with Crippen molar-refractivity contribution in [3.05, 3.63) is 44.0 Å². The van der Waals surface area contributed by atoms with Crippen molar-refractivity contribution in [2.45, 2.75) is 45.4 Å². The van der Waals surface area contributed by atoms with Gasteiger partial charge in [0.25, 0.3) is 5.09 Å². The highest BCUT2D eigenvalue weighted by Crippen LogP contribution is 2.40. The number of alkyl halides is 3. The fourth-order valence-corrected chi connectivity index (χ4v) is 2.91. The number of carbonyl (C=O) groups excluding carboxylic acids is 2. The Morgan fingerprint density at radius 2 is 1.91 bits per heavy atom. The summed E-state index contributed by atoms with van der Waals surface area (Å²) < 4.78 is 59.6. The SMILES string of the molecule is Cc1cc(Cl)cc2c1OC(C(F)(F)F)C(C(=O)OC(C)OC(=O)OC(C)CO[N+](=O)[O-])=C2. The maximum absolute atomic E-state index is 13.5.